The Balaban J connectivity index is 1.84. The Morgan fingerprint density at radius 2 is 2.12 bits per heavy atom. The van der Waals surface area contributed by atoms with Crippen molar-refractivity contribution in [3.8, 4) is 0 Å². The summed E-state index contributed by atoms with van der Waals surface area (Å²) in [4.78, 5) is 20.6. The van der Waals surface area contributed by atoms with Gasteiger partial charge >= 0.3 is 0 Å². The van der Waals surface area contributed by atoms with Crippen LogP contribution in [-0.4, -0.2) is 28.8 Å². The first-order chi connectivity index (χ1) is 15.7. The average molecular weight is 468 g/mol. The van der Waals surface area contributed by atoms with Crippen molar-refractivity contribution < 1.29 is 4.74 Å². The third-order valence-corrected chi connectivity index (χ3v) is 7.36. The second kappa shape index (κ2) is 8.37. The number of H-pyrrole nitrogens is 1. The van der Waals surface area contributed by atoms with Crippen molar-refractivity contribution in [2.75, 3.05) is 7.11 Å². The summed E-state index contributed by atoms with van der Waals surface area (Å²) in [5.41, 5.74) is 8.69. The second-order valence-electron chi connectivity index (χ2n) is 9.22. The summed E-state index contributed by atoms with van der Waals surface area (Å²) in [6.07, 6.45) is 11.2. The minimum atomic E-state index is -0.532. The molecule has 8 heteroatoms. The molecule has 0 saturated heterocycles. The maximum atomic E-state index is 13.3. The normalized spacial score (nSPS) is 19.5. The van der Waals surface area contributed by atoms with Crippen molar-refractivity contribution in [3.63, 3.8) is 0 Å². The maximum absolute atomic E-state index is 13.3. The minimum Gasteiger partial charge on any atom is -0.501 e. The molecule has 1 spiro atoms. The summed E-state index contributed by atoms with van der Waals surface area (Å²) in [6, 6.07) is 1.91. The van der Waals surface area contributed by atoms with Gasteiger partial charge in [-0.3, -0.25) is 14.8 Å². The van der Waals surface area contributed by atoms with Crippen LogP contribution in [0.15, 0.2) is 52.1 Å². The summed E-state index contributed by atoms with van der Waals surface area (Å²) in [5, 5.41) is 8.61. The van der Waals surface area contributed by atoms with Crippen molar-refractivity contribution in [1.29, 1.82) is 5.41 Å². The number of hydrogen-bond acceptors (Lipinski definition) is 3. The molecule has 0 atom stereocenters. The van der Waals surface area contributed by atoms with Gasteiger partial charge in [0.05, 0.1) is 23.3 Å². The largest absolute Gasteiger partial charge is 0.501 e. The molecule has 2 fully saturated rings. The fourth-order valence-electron chi connectivity index (χ4n) is 4.96. The fourth-order valence-corrected chi connectivity index (χ4v) is 5.21. The van der Waals surface area contributed by atoms with Crippen molar-refractivity contribution in [2.24, 2.45) is 21.6 Å². The first-order valence-corrected chi connectivity index (χ1v) is 11.5. The van der Waals surface area contributed by atoms with Gasteiger partial charge in [0, 0.05) is 23.0 Å². The lowest BCUT2D eigenvalue weighted by Gasteiger charge is -2.49. The molecular weight excluding hydrogens is 438 g/mol. The molecule has 0 bridgehead atoms. The second-order valence-corrected chi connectivity index (χ2v) is 9.63. The number of hydrogen-bond donors (Lipinski definition) is 3. The van der Waals surface area contributed by atoms with Crippen LogP contribution in [0.1, 0.15) is 45.2 Å². The number of rotatable bonds is 8. The number of nitrogens with one attached hydrogen (secondary N) is 2. The van der Waals surface area contributed by atoms with Gasteiger partial charge in [0.2, 0.25) is 0 Å². The number of aliphatic imine (C=N–C) groups is 1. The minimum absolute atomic E-state index is 0.218. The fraction of sp³-hybridized carbons (Fsp3) is 0.400. The van der Waals surface area contributed by atoms with E-state index >= 15 is 0 Å². The first-order valence-electron chi connectivity index (χ1n) is 11.1. The number of aromatic nitrogens is 2. The van der Waals surface area contributed by atoms with Gasteiger partial charge in [0.1, 0.15) is 17.7 Å². The zero-order valence-electron chi connectivity index (χ0n) is 19.3. The predicted molar refractivity (Wildman–Crippen MR) is 135 cm³/mol. The molecule has 2 aromatic rings. The zero-order valence-corrected chi connectivity index (χ0v) is 20.1. The number of aromatic amines is 1. The Morgan fingerprint density at radius 1 is 1.42 bits per heavy atom. The van der Waals surface area contributed by atoms with Crippen LogP contribution in [0.2, 0.25) is 5.02 Å². The summed E-state index contributed by atoms with van der Waals surface area (Å²) >= 11 is 6.52. The lowest BCUT2D eigenvalue weighted by Crippen LogP contribution is -2.50. The Hall–Kier alpha value is -3.06. The molecule has 0 unspecified atom stereocenters. The van der Waals surface area contributed by atoms with E-state index in [0.29, 0.717) is 38.6 Å². The van der Waals surface area contributed by atoms with E-state index in [9.17, 15) is 4.79 Å². The van der Waals surface area contributed by atoms with Crippen molar-refractivity contribution in [2.45, 2.75) is 46.0 Å². The van der Waals surface area contributed by atoms with E-state index in [1.807, 2.05) is 32.1 Å². The molecule has 2 aliphatic rings. The van der Waals surface area contributed by atoms with E-state index in [2.05, 4.69) is 16.6 Å². The van der Waals surface area contributed by atoms with E-state index in [-0.39, 0.29) is 5.56 Å². The van der Waals surface area contributed by atoms with Crippen LogP contribution in [-0.2, 0) is 11.2 Å². The Morgan fingerprint density at radius 3 is 2.70 bits per heavy atom. The van der Waals surface area contributed by atoms with E-state index in [1.165, 1.54) is 17.4 Å². The number of methoxy groups -OCH3 is 1. The van der Waals surface area contributed by atoms with Crippen LogP contribution in [0.4, 0.5) is 0 Å². The number of nitrogens with zero attached hydrogens (tertiary/aromatic N) is 2. The maximum Gasteiger partial charge on any atom is 0.279 e. The lowest BCUT2D eigenvalue weighted by molar-refractivity contribution is 0.146. The number of aryl methyl sites for hydroxylation is 1. The number of halogens is 1. The highest BCUT2D eigenvalue weighted by molar-refractivity contribution is 6.35. The van der Waals surface area contributed by atoms with Crippen LogP contribution < -0.4 is 11.3 Å². The number of fused-ring (bicyclic) bond motifs is 1. The molecule has 0 aliphatic heterocycles. The Kier molecular flexibility index (Phi) is 5.86. The Bertz CT molecular complexity index is 1280. The van der Waals surface area contributed by atoms with E-state index in [0.717, 1.165) is 36.9 Å². The van der Waals surface area contributed by atoms with Crippen LogP contribution in [0, 0.1) is 16.2 Å². The van der Waals surface area contributed by atoms with Gasteiger partial charge in [-0.15, -0.1) is 0 Å². The van der Waals surface area contributed by atoms with Gasteiger partial charge < -0.3 is 15.5 Å². The number of nitrogens with two attached hydrogens (primary N) is 1. The molecule has 4 rings (SSSR count). The number of allylic oxidation sites excluding steroid dienone is 4. The Labute approximate surface area is 198 Å². The van der Waals surface area contributed by atoms with E-state index < -0.39 is 5.41 Å². The van der Waals surface area contributed by atoms with Gasteiger partial charge in [-0.1, -0.05) is 25.1 Å². The smallest absolute Gasteiger partial charge is 0.279 e. The van der Waals surface area contributed by atoms with E-state index in [4.69, 9.17) is 27.5 Å². The van der Waals surface area contributed by atoms with Gasteiger partial charge in [0.25, 0.3) is 5.56 Å². The average Bonchev–Trinajstić information content (AvgIpc) is 3.43. The summed E-state index contributed by atoms with van der Waals surface area (Å²) in [7, 11) is 1.61. The van der Waals surface area contributed by atoms with Crippen LogP contribution in [0.3, 0.4) is 0 Å². The monoisotopic (exact) mass is 467 g/mol. The quantitative estimate of drug-likeness (QED) is 0.219. The first kappa shape index (κ1) is 23.1. The molecule has 7 nitrogen and oxygen atoms in total. The third-order valence-electron chi connectivity index (χ3n) is 7.06. The molecule has 0 radical (unpaired) electrons. The molecule has 2 aromatic heterocycles. The lowest BCUT2D eigenvalue weighted by atomic mass is 9.55. The third kappa shape index (κ3) is 3.95. The molecular formula is C25H30ClN5O2. The molecule has 0 amide bonds. The highest BCUT2D eigenvalue weighted by Gasteiger charge is 2.63. The van der Waals surface area contributed by atoms with Crippen LogP contribution in [0.5, 0.6) is 0 Å². The number of amidine groups is 1. The molecule has 174 valence electrons. The number of ether oxygens (including phenoxy) is 1. The SMILES string of the molecule is C=C(/C=C(\C=C(/C)OC)C1(C(N)=NC=N)CC2(CC2)C1)n1cc(Cl)c2cc(CC)[nH]c2c1=O. The molecule has 4 N–H and O–H groups in total. The van der Waals surface area contributed by atoms with Crippen molar-refractivity contribution >= 4 is 40.4 Å². The molecule has 2 heterocycles. The highest BCUT2D eigenvalue weighted by atomic mass is 35.5. The summed E-state index contributed by atoms with van der Waals surface area (Å²) < 4.78 is 6.88. The standard InChI is InChI=1S/C25H30ClN5O2/c1-5-18-10-19-20(26)11-31(22(32)21(19)30-18)15(2)8-17(9-16(3)33-4)25(23(28)29-14-27)12-24(13-25)6-7-24/h8-11,14,30H,2,5-7,12-13H2,1,3-4H3,(H3,27,28,29)/b16-9+,17-8+. The molecule has 0 aromatic carbocycles. The topological polar surface area (TPSA) is 109 Å². The molecule has 2 aliphatic carbocycles. The predicted octanol–water partition coefficient (Wildman–Crippen LogP) is 5.02. The van der Waals surface area contributed by atoms with E-state index in [1.54, 1.807) is 13.3 Å². The van der Waals surface area contributed by atoms with Crippen LogP contribution >= 0.6 is 11.6 Å². The van der Waals surface area contributed by atoms with Gasteiger partial charge in [-0.2, -0.15) is 0 Å². The molecule has 33 heavy (non-hydrogen) atoms. The molecule has 2 saturated carbocycles. The zero-order chi connectivity index (χ0) is 24.0. The van der Waals surface area contributed by atoms with Crippen molar-refractivity contribution in [1.82, 2.24) is 9.55 Å². The van der Waals surface area contributed by atoms with Crippen molar-refractivity contribution in [3.05, 3.63) is 63.4 Å². The highest BCUT2D eigenvalue weighted by Crippen LogP contribution is 2.71. The van der Waals surface area contributed by atoms with Gasteiger partial charge in [0.15, 0.2) is 0 Å². The summed E-state index contributed by atoms with van der Waals surface area (Å²) in [6.45, 7) is 8.06. The van der Waals surface area contributed by atoms with Crippen LogP contribution in [0.25, 0.3) is 16.6 Å². The number of pyridine rings is 1. The van der Waals surface area contributed by atoms with Gasteiger partial charge in [-0.25, -0.2) is 4.99 Å². The summed E-state index contributed by atoms with van der Waals surface area (Å²) in [5.74, 6) is 1.10. The van der Waals surface area contributed by atoms with Gasteiger partial charge in [-0.05, 0) is 68.2 Å².